The summed E-state index contributed by atoms with van der Waals surface area (Å²) in [7, 11) is 0. The van der Waals surface area contributed by atoms with Crippen molar-refractivity contribution in [3.05, 3.63) is 0 Å². The molecule has 0 aromatic carbocycles. The van der Waals surface area contributed by atoms with Gasteiger partial charge in [0.15, 0.2) is 12.3 Å². The van der Waals surface area contributed by atoms with Gasteiger partial charge in [-0.1, -0.05) is 6.92 Å². The van der Waals surface area contributed by atoms with Gasteiger partial charge in [0.2, 0.25) is 0 Å². The van der Waals surface area contributed by atoms with Crippen LogP contribution in [0.1, 0.15) is 13.3 Å². The molecule has 1 saturated carbocycles. The molecule has 0 nitrogen and oxygen atoms in total. The molecule has 1 fully saturated rings. The first-order chi connectivity index (χ1) is 5.95. The molecular formula is C8H11F5. The summed E-state index contributed by atoms with van der Waals surface area (Å²) in [6, 6.07) is 0. The lowest BCUT2D eigenvalue weighted by Crippen LogP contribution is -2.34. The molecule has 6 atom stereocenters. The molecule has 0 heterocycles. The second-order valence-electron chi connectivity index (χ2n) is 3.46. The van der Waals surface area contributed by atoms with Crippen LogP contribution in [0.25, 0.3) is 0 Å². The minimum atomic E-state index is -2.55. The van der Waals surface area contributed by atoms with Crippen molar-refractivity contribution >= 4 is 0 Å². The fourth-order valence-corrected chi connectivity index (χ4v) is 1.42. The predicted molar refractivity (Wildman–Crippen MR) is 38.3 cm³/mol. The molecule has 0 N–H and O–H groups in total. The zero-order chi connectivity index (χ0) is 10.2. The molecule has 1 aliphatic rings. The molecular weight excluding hydrogens is 191 g/mol. The van der Waals surface area contributed by atoms with Crippen LogP contribution in [0, 0.1) is 5.92 Å². The van der Waals surface area contributed by atoms with E-state index in [1.54, 1.807) is 0 Å². The van der Waals surface area contributed by atoms with Crippen LogP contribution in [0.4, 0.5) is 22.0 Å². The Labute approximate surface area is 73.1 Å². The van der Waals surface area contributed by atoms with Gasteiger partial charge in [0.05, 0.1) is 0 Å². The van der Waals surface area contributed by atoms with Crippen LogP contribution in [-0.4, -0.2) is 30.9 Å². The molecule has 1 rings (SSSR count). The van der Waals surface area contributed by atoms with Crippen molar-refractivity contribution in [2.24, 2.45) is 5.92 Å². The van der Waals surface area contributed by atoms with Gasteiger partial charge in [0.1, 0.15) is 18.5 Å². The number of hydrogen-bond donors (Lipinski definition) is 0. The van der Waals surface area contributed by atoms with Crippen LogP contribution < -0.4 is 0 Å². The molecule has 0 aromatic heterocycles. The maximum absolute atomic E-state index is 12.9. The Hall–Kier alpha value is -0.350. The van der Waals surface area contributed by atoms with Crippen LogP contribution in [0.3, 0.4) is 0 Å². The number of rotatable bonds is 0. The van der Waals surface area contributed by atoms with Crippen LogP contribution >= 0.6 is 0 Å². The second-order valence-corrected chi connectivity index (χ2v) is 3.46. The molecule has 78 valence electrons. The van der Waals surface area contributed by atoms with Gasteiger partial charge in [-0.2, -0.15) is 0 Å². The molecule has 0 aliphatic heterocycles. The fraction of sp³-hybridized carbons (Fsp3) is 1.00. The van der Waals surface area contributed by atoms with Gasteiger partial charge >= 0.3 is 0 Å². The highest BCUT2D eigenvalue weighted by molar-refractivity contribution is 4.92. The lowest BCUT2D eigenvalue weighted by Gasteiger charge is -2.18. The van der Waals surface area contributed by atoms with E-state index in [9.17, 15) is 22.0 Å². The molecule has 0 aromatic rings. The van der Waals surface area contributed by atoms with Crippen LogP contribution in [-0.2, 0) is 0 Å². The van der Waals surface area contributed by atoms with Crippen molar-refractivity contribution < 1.29 is 22.0 Å². The van der Waals surface area contributed by atoms with E-state index in [1.807, 2.05) is 0 Å². The third-order valence-corrected chi connectivity index (χ3v) is 2.48. The summed E-state index contributed by atoms with van der Waals surface area (Å²) in [5.74, 6) is -1.28. The van der Waals surface area contributed by atoms with Crippen molar-refractivity contribution in [1.29, 1.82) is 0 Å². The summed E-state index contributed by atoms with van der Waals surface area (Å²) in [4.78, 5) is 0. The zero-order valence-corrected chi connectivity index (χ0v) is 7.06. The largest absolute Gasteiger partial charge is 0.247 e. The van der Waals surface area contributed by atoms with Gasteiger partial charge in [-0.15, -0.1) is 0 Å². The lowest BCUT2D eigenvalue weighted by atomic mass is 9.98. The number of alkyl halides is 5. The van der Waals surface area contributed by atoms with Crippen LogP contribution in [0.2, 0.25) is 0 Å². The first kappa shape index (κ1) is 10.7. The third kappa shape index (κ3) is 1.94. The van der Waals surface area contributed by atoms with Gasteiger partial charge in [-0.25, -0.2) is 22.0 Å². The maximum Gasteiger partial charge on any atom is 0.165 e. The smallest absolute Gasteiger partial charge is 0.165 e. The van der Waals surface area contributed by atoms with Crippen LogP contribution in [0.5, 0.6) is 0 Å². The Morgan fingerprint density at radius 2 is 1.31 bits per heavy atom. The fourth-order valence-electron chi connectivity index (χ4n) is 1.42. The summed E-state index contributed by atoms with van der Waals surface area (Å²) in [5.41, 5.74) is 0. The third-order valence-electron chi connectivity index (χ3n) is 2.48. The Morgan fingerprint density at radius 3 is 1.85 bits per heavy atom. The van der Waals surface area contributed by atoms with E-state index in [-0.39, 0.29) is 0 Å². The van der Waals surface area contributed by atoms with Gasteiger partial charge in [-0.3, -0.25) is 0 Å². The summed E-state index contributed by atoms with van der Waals surface area (Å²) in [6.45, 7) is 1.12. The Bertz CT molecular complexity index is 156. The minimum absolute atomic E-state index is 0.761. The molecule has 0 bridgehead atoms. The quantitative estimate of drug-likeness (QED) is 0.418. The summed E-state index contributed by atoms with van der Waals surface area (Å²) in [6.07, 6.45) is -12.2. The molecule has 5 unspecified atom stereocenters. The van der Waals surface area contributed by atoms with Crippen molar-refractivity contribution in [2.75, 3.05) is 0 Å². The first-order valence-corrected chi connectivity index (χ1v) is 4.15. The molecule has 5 heteroatoms. The van der Waals surface area contributed by atoms with E-state index >= 15 is 0 Å². The van der Waals surface area contributed by atoms with E-state index in [0.29, 0.717) is 0 Å². The molecule has 0 radical (unpaired) electrons. The van der Waals surface area contributed by atoms with Gasteiger partial charge < -0.3 is 0 Å². The topological polar surface area (TPSA) is 0 Å². The van der Waals surface area contributed by atoms with Crippen molar-refractivity contribution in [3.8, 4) is 0 Å². The summed E-state index contributed by atoms with van der Waals surface area (Å²) >= 11 is 0. The highest BCUT2D eigenvalue weighted by Crippen LogP contribution is 2.33. The lowest BCUT2D eigenvalue weighted by molar-refractivity contribution is 0.0315. The van der Waals surface area contributed by atoms with Gasteiger partial charge in [0, 0.05) is 12.3 Å². The van der Waals surface area contributed by atoms with E-state index in [1.165, 1.54) is 0 Å². The molecule has 1 aliphatic carbocycles. The van der Waals surface area contributed by atoms with Gasteiger partial charge in [-0.05, 0) is 0 Å². The predicted octanol–water partition coefficient (Wildman–Crippen LogP) is 2.72. The van der Waals surface area contributed by atoms with E-state index in [0.717, 1.165) is 6.92 Å². The second kappa shape index (κ2) is 3.80. The minimum Gasteiger partial charge on any atom is -0.247 e. The average Bonchev–Trinajstić information content (AvgIpc) is 2.15. The average molecular weight is 202 g/mol. The standard InChI is InChI=1S/C8H11F5/c1-3-4(9)2-5(10)7(12)8(13)6(3)11/h3-8H,2H2,1H3/t3?,4?,5-,6?,7?,8?/m0/s1. The number of halogens is 5. The highest BCUT2D eigenvalue weighted by Gasteiger charge is 2.46. The van der Waals surface area contributed by atoms with Crippen molar-refractivity contribution in [1.82, 2.24) is 0 Å². The SMILES string of the molecule is CC1C(F)C[C@H](F)C(F)C(F)C1F. The summed E-state index contributed by atoms with van der Waals surface area (Å²) < 4.78 is 63.8. The highest BCUT2D eigenvalue weighted by atomic mass is 19.2. The van der Waals surface area contributed by atoms with Gasteiger partial charge in [0.25, 0.3) is 0 Å². The molecule has 0 amide bonds. The summed E-state index contributed by atoms with van der Waals surface area (Å²) in [5, 5.41) is 0. The molecule has 13 heavy (non-hydrogen) atoms. The Balaban J connectivity index is 2.79. The maximum atomic E-state index is 12.9. The number of hydrogen-bond acceptors (Lipinski definition) is 0. The van der Waals surface area contributed by atoms with E-state index in [4.69, 9.17) is 0 Å². The van der Waals surface area contributed by atoms with E-state index < -0.39 is 43.2 Å². The Kier molecular flexibility index (Phi) is 3.14. The zero-order valence-electron chi connectivity index (χ0n) is 7.06. The molecule has 0 spiro atoms. The van der Waals surface area contributed by atoms with Crippen molar-refractivity contribution in [3.63, 3.8) is 0 Å². The van der Waals surface area contributed by atoms with E-state index in [2.05, 4.69) is 0 Å². The monoisotopic (exact) mass is 202 g/mol. The van der Waals surface area contributed by atoms with Crippen LogP contribution in [0.15, 0.2) is 0 Å². The first-order valence-electron chi connectivity index (χ1n) is 4.15. The van der Waals surface area contributed by atoms with Crippen molar-refractivity contribution in [2.45, 2.75) is 44.2 Å². The Morgan fingerprint density at radius 1 is 0.769 bits per heavy atom. The normalized spacial score (nSPS) is 53.1. The molecule has 0 saturated heterocycles.